The van der Waals surface area contributed by atoms with E-state index in [0.29, 0.717) is 39.1 Å². The molecule has 41 heavy (non-hydrogen) atoms. The summed E-state index contributed by atoms with van der Waals surface area (Å²) in [7, 11) is 0. The fraction of sp³-hybridized carbons (Fsp3) is 0.294. The molecule has 0 saturated carbocycles. The van der Waals surface area contributed by atoms with Crippen molar-refractivity contribution >= 4 is 23.3 Å². The van der Waals surface area contributed by atoms with E-state index in [4.69, 9.17) is 9.84 Å². The van der Waals surface area contributed by atoms with Crippen LogP contribution in [0.15, 0.2) is 96.4 Å². The van der Waals surface area contributed by atoms with Crippen molar-refractivity contribution in [1.29, 1.82) is 0 Å². The summed E-state index contributed by atoms with van der Waals surface area (Å²) < 4.78 is 6.49. The second-order valence-corrected chi connectivity index (χ2v) is 11.1. The van der Waals surface area contributed by atoms with E-state index >= 15 is 0 Å². The number of carboxylic acid groups (broad SMARTS) is 2. The zero-order chi connectivity index (χ0) is 28.9. The number of aryl methyl sites for hydroxylation is 2. The maximum absolute atomic E-state index is 11.8. The standard InChI is InChI=1S/C34H37NO5S/c36-33(37)14-6-7-21-35(23-29-11-4-5-12-30(29)34(38)39)24-31(32-13-8-22-41-32)40-25-28-19-17-27(18-20-28)16-15-26-9-2-1-3-10-26/h1-5,8-13,17-20,22,31H,6-7,14-16,21,23-25H2,(H,36,37)(H,38,39). The predicted molar refractivity (Wildman–Crippen MR) is 162 cm³/mol. The normalized spacial score (nSPS) is 11.9. The highest BCUT2D eigenvalue weighted by Crippen LogP contribution is 2.26. The van der Waals surface area contributed by atoms with Gasteiger partial charge in [-0.25, -0.2) is 4.79 Å². The predicted octanol–water partition coefficient (Wildman–Crippen LogP) is 7.25. The van der Waals surface area contributed by atoms with Gasteiger partial charge in [0.05, 0.1) is 12.2 Å². The van der Waals surface area contributed by atoms with Crippen LogP contribution in [-0.2, 0) is 35.5 Å². The highest BCUT2D eigenvalue weighted by molar-refractivity contribution is 7.10. The van der Waals surface area contributed by atoms with Crippen LogP contribution in [-0.4, -0.2) is 40.1 Å². The Labute approximate surface area is 245 Å². The lowest BCUT2D eigenvalue weighted by molar-refractivity contribution is -0.137. The lowest BCUT2D eigenvalue weighted by Gasteiger charge is -2.28. The van der Waals surface area contributed by atoms with Crippen molar-refractivity contribution in [3.05, 3.63) is 129 Å². The number of rotatable bonds is 17. The van der Waals surface area contributed by atoms with Gasteiger partial charge in [-0.1, -0.05) is 78.9 Å². The van der Waals surface area contributed by atoms with Crippen molar-refractivity contribution in [3.8, 4) is 0 Å². The van der Waals surface area contributed by atoms with Gasteiger partial charge in [0.25, 0.3) is 0 Å². The molecule has 0 saturated heterocycles. The van der Waals surface area contributed by atoms with Crippen LogP contribution < -0.4 is 0 Å². The highest BCUT2D eigenvalue weighted by atomic mass is 32.1. The first-order chi connectivity index (χ1) is 20.0. The average Bonchev–Trinajstić information content (AvgIpc) is 3.52. The van der Waals surface area contributed by atoms with Gasteiger partial charge in [0.15, 0.2) is 0 Å². The zero-order valence-electron chi connectivity index (χ0n) is 23.2. The SMILES string of the molecule is O=C(O)CCCCN(Cc1ccccc1C(=O)O)CC(OCc1ccc(CCc2ccccc2)cc1)c1cccs1. The third-order valence-corrected chi connectivity index (χ3v) is 8.02. The third-order valence-electron chi connectivity index (χ3n) is 7.06. The quantitative estimate of drug-likeness (QED) is 0.130. The molecule has 3 aromatic carbocycles. The number of aromatic carboxylic acids is 1. The first kappa shape index (κ1) is 30.2. The zero-order valence-corrected chi connectivity index (χ0v) is 24.0. The molecule has 0 aliphatic heterocycles. The summed E-state index contributed by atoms with van der Waals surface area (Å²) in [5, 5.41) is 20.8. The van der Waals surface area contributed by atoms with Crippen molar-refractivity contribution in [2.24, 2.45) is 0 Å². The van der Waals surface area contributed by atoms with Crippen molar-refractivity contribution in [1.82, 2.24) is 4.90 Å². The van der Waals surface area contributed by atoms with E-state index in [0.717, 1.165) is 28.8 Å². The number of benzene rings is 3. The van der Waals surface area contributed by atoms with Gasteiger partial charge in [-0.3, -0.25) is 9.69 Å². The highest BCUT2D eigenvalue weighted by Gasteiger charge is 2.20. The first-order valence-corrected chi connectivity index (χ1v) is 14.9. The minimum absolute atomic E-state index is 0.117. The van der Waals surface area contributed by atoms with Gasteiger partial charge >= 0.3 is 11.9 Å². The van der Waals surface area contributed by atoms with E-state index in [9.17, 15) is 14.7 Å². The number of hydrogen-bond acceptors (Lipinski definition) is 5. The molecule has 2 N–H and O–H groups in total. The number of thiophene rings is 1. The summed E-state index contributed by atoms with van der Waals surface area (Å²) in [4.78, 5) is 26.2. The van der Waals surface area contributed by atoms with Gasteiger partial charge in [0, 0.05) is 24.4 Å². The Hall–Kier alpha value is -3.78. The van der Waals surface area contributed by atoms with E-state index in [2.05, 4.69) is 59.5 Å². The number of aliphatic carboxylic acids is 1. The summed E-state index contributed by atoms with van der Waals surface area (Å²) in [6, 6.07) is 30.2. The molecule has 0 bridgehead atoms. The number of nitrogens with zero attached hydrogens (tertiary/aromatic N) is 1. The molecule has 0 amide bonds. The minimum Gasteiger partial charge on any atom is -0.481 e. The third kappa shape index (κ3) is 9.97. The molecular formula is C34H37NO5S. The van der Waals surface area contributed by atoms with Gasteiger partial charge < -0.3 is 14.9 Å². The van der Waals surface area contributed by atoms with Crippen LogP contribution in [0.4, 0.5) is 0 Å². The lowest BCUT2D eigenvalue weighted by Crippen LogP contribution is -2.31. The fourth-order valence-electron chi connectivity index (χ4n) is 4.82. The van der Waals surface area contributed by atoms with E-state index in [1.165, 1.54) is 11.1 Å². The van der Waals surface area contributed by atoms with E-state index in [1.54, 1.807) is 23.5 Å². The molecule has 0 aliphatic carbocycles. The number of ether oxygens (including phenoxy) is 1. The fourth-order valence-corrected chi connectivity index (χ4v) is 5.59. The summed E-state index contributed by atoms with van der Waals surface area (Å²) in [5.41, 5.74) is 4.73. The Morgan fingerprint density at radius 2 is 1.46 bits per heavy atom. The molecule has 1 heterocycles. The largest absolute Gasteiger partial charge is 0.481 e. The summed E-state index contributed by atoms with van der Waals surface area (Å²) in [5.74, 6) is -1.76. The van der Waals surface area contributed by atoms with Crippen LogP contribution in [0.3, 0.4) is 0 Å². The van der Waals surface area contributed by atoms with Gasteiger partial charge in [0.1, 0.15) is 6.10 Å². The van der Waals surface area contributed by atoms with E-state index in [-0.39, 0.29) is 18.1 Å². The number of hydrogen-bond donors (Lipinski definition) is 2. The van der Waals surface area contributed by atoms with Crippen LogP contribution in [0.2, 0.25) is 0 Å². The van der Waals surface area contributed by atoms with Gasteiger partial charge in [0.2, 0.25) is 0 Å². The van der Waals surface area contributed by atoms with Crippen molar-refractivity contribution in [2.45, 2.75) is 51.4 Å². The van der Waals surface area contributed by atoms with Crippen LogP contribution >= 0.6 is 11.3 Å². The maximum Gasteiger partial charge on any atom is 0.336 e. The van der Waals surface area contributed by atoms with Gasteiger partial charge in [-0.05, 0) is 72.0 Å². The van der Waals surface area contributed by atoms with E-state index < -0.39 is 11.9 Å². The maximum atomic E-state index is 11.8. The molecule has 6 nitrogen and oxygen atoms in total. The molecule has 4 rings (SSSR count). The second-order valence-electron chi connectivity index (χ2n) is 10.2. The molecule has 0 aliphatic rings. The number of carboxylic acids is 2. The van der Waals surface area contributed by atoms with Gasteiger partial charge in [-0.15, -0.1) is 11.3 Å². The Balaban J connectivity index is 1.42. The van der Waals surface area contributed by atoms with Crippen LogP contribution in [0.1, 0.15) is 62.9 Å². The molecule has 7 heteroatoms. The smallest absolute Gasteiger partial charge is 0.336 e. The van der Waals surface area contributed by atoms with Crippen LogP contribution in [0, 0.1) is 0 Å². The molecule has 0 fully saturated rings. The van der Waals surface area contributed by atoms with Crippen molar-refractivity contribution < 1.29 is 24.5 Å². The summed E-state index contributed by atoms with van der Waals surface area (Å²) in [6.45, 7) is 2.11. The Bertz CT molecular complexity index is 1360. The van der Waals surface area contributed by atoms with Crippen LogP contribution in [0.25, 0.3) is 0 Å². The molecule has 0 spiro atoms. The second kappa shape index (κ2) is 15.9. The average molecular weight is 572 g/mol. The van der Waals surface area contributed by atoms with E-state index in [1.807, 2.05) is 29.6 Å². The summed E-state index contributed by atoms with van der Waals surface area (Å²) in [6.07, 6.45) is 3.16. The Morgan fingerprint density at radius 1 is 0.780 bits per heavy atom. The summed E-state index contributed by atoms with van der Waals surface area (Å²) >= 11 is 1.64. The first-order valence-electron chi connectivity index (χ1n) is 14.0. The monoisotopic (exact) mass is 571 g/mol. The molecule has 214 valence electrons. The van der Waals surface area contributed by atoms with Gasteiger partial charge in [-0.2, -0.15) is 0 Å². The molecule has 4 aromatic rings. The topological polar surface area (TPSA) is 87.1 Å². The molecule has 1 atom stereocenters. The molecule has 0 radical (unpaired) electrons. The minimum atomic E-state index is -0.954. The Morgan fingerprint density at radius 3 is 2.15 bits per heavy atom. The number of carbonyl (C=O) groups is 2. The molecular weight excluding hydrogens is 534 g/mol. The lowest BCUT2D eigenvalue weighted by atomic mass is 10.0. The van der Waals surface area contributed by atoms with Crippen molar-refractivity contribution in [3.63, 3.8) is 0 Å². The molecule has 1 aromatic heterocycles. The number of unbranched alkanes of at least 4 members (excludes halogenated alkanes) is 1. The Kier molecular flexibility index (Phi) is 11.7. The molecule has 1 unspecified atom stereocenters. The van der Waals surface area contributed by atoms with Crippen LogP contribution in [0.5, 0.6) is 0 Å². The van der Waals surface area contributed by atoms with Crippen molar-refractivity contribution in [2.75, 3.05) is 13.1 Å².